The number of imidazole rings is 1. The van der Waals surface area contributed by atoms with Crippen LogP contribution in [0.1, 0.15) is 29.2 Å². The summed E-state index contributed by atoms with van der Waals surface area (Å²) < 4.78 is 1.68. The highest BCUT2D eigenvalue weighted by molar-refractivity contribution is 6.30. The lowest BCUT2D eigenvalue weighted by molar-refractivity contribution is -0.116. The first-order valence-corrected chi connectivity index (χ1v) is 9.08. The first-order valence-electron chi connectivity index (χ1n) is 8.70. The number of aryl methyl sites for hydroxylation is 1. The molecule has 0 spiro atoms. The summed E-state index contributed by atoms with van der Waals surface area (Å²) in [5.41, 5.74) is 4.63. The molecule has 6 nitrogen and oxygen atoms in total. The van der Waals surface area contributed by atoms with Gasteiger partial charge in [-0.25, -0.2) is 4.98 Å². The van der Waals surface area contributed by atoms with Crippen molar-refractivity contribution in [2.24, 2.45) is 0 Å². The summed E-state index contributed by atoms with van der Waals surface area (Å²) in [4.78, 5) is 20.3. The lowest BCUT2D eigenvalue weighted by Gasteiger charge is -2.24. The quantitative estimate of drug-likeness (QED) is 0.550. The van der Waals surface area contributed by atoms with Gasteiger partial charge in [0.1, 0.15) is 5.82 Å². The van der Waals surface area contributed by atoms with Crippen LogP contribution >= 0.6 is 11.6 Å². The van der Waals surface area contributed by atoms with Crippen molar-refractivity contribution >= 4 is 34.4 Å². The summed E-state index contributed by atoms with van der Waals surface area (Å²) in [5.74, 6) is 1.09. The number of nitrogens with zero attached hydrogens (tertiary/aromatic N) is 3. The molecule has 1 unspecified atom stereocenters. The second kappa shape index (κ2) is 5.96. The van der Waals surface area contributed by atoms with Gasteiger partial charge in [0.2, 0.25) is 11.9 Å². The van der Waals surface area contributed by atoms with Crippen LogP contribution in [0.2, 0.25) is 5.02 Å². The minimum absolute atomic E-state index is 0.0512. The van der Waals surface area contributed by atoms with Crippen molar-refractivity contribution in [3.8, 4) is 5.95 Å². The van der Waals surface area contributed by atoms with Gasteiger partial charge in [0.25, 0.3) is 0 Å². The van der Waals surface area contributed by atoms with Crippen molar-refractivity contribution < 1.29 is 4.79 Å². The molecule has 1 aliphatic rings. The fourth-order valence-electron chi connectivity index (χ4n) is 3.75. The number of rotatable bonds is 2. The summed E-state index contributed by atoms with van der Waals surface area (Å²) in [7, 11) is 0. The number of anilines is 1. The van der Waals surface area contributed by atoms with Gasteiger partial charge >= 0.3 is 0 Å². The van der Waals surface area contributed by atoms with Gasteiger partial charge < -0.3 is 10.3 Å². The first-order chi connectivity index (χ1) is 13.1. The van der Waals surface area contributed by atoms with Gasteiger partial charge in [-0.2, -0.15) is 9.78 Å². The topological polar surface area (TPSA) is 75.6 Å². The molecule has 1 aliphatic heterocycles. The lowest BCUT2D eigenvalue weighted by Crippen LogP contribution is -2.25. The van der Waals surface area contributed by atoms with E-state index < -0.39 is 0 Å². The second-order valence-electron chi connectivity index (χ2n) is 6.70. The molecule has 5 rings (SSSR count). The maximum Gasteiger partial charge on any atom is 0.231 e. The van der Waals surface area contributed by atoms with Crippen molar-refractivity contribution in [2.45, 2.75) is 19.3 Å². The number of para-hydroxylation sites is 2. The van der Waals surface area contributed by atoms with Crippen molar-refractivity contribution in [2.75, 3.05) is 5.32 Å². The van der Waals surface area contributed by atoms with Gasteiger partial charge in [0.05, 0.1) is 16.7 Å². The van der Waals surface area contributed by atoms with Gasteiger partial charge in [0, 0.05) is 22.9 Å². The number of amides is 1. The van der Waals surface area contributed by atoms with E-state index in [1.165, 1.54) is 0 Å². The maximum absolute atomic E-state index is 12.4. The van der Waals surface area contributed by atoms with Crippen LogP contribution < -0.4 is 5.32 Å². The molecule has 27 heavy (non-hydrogen) atoms. The van der Waals surface area contributed by atoms with Crippen LogP contribution in [0.5, 0.6) is 0 Å². The minimum Gasteiger partial charge on any atom is -0.322 e. The van der Waals surface area contributed by atoms with E-state index >= 15 is 0 Å². The Kier molecular flexibility index (Phi) is 3.55. The zero-order chi connectivity index (χ0) is 18.5. The normalized spacial score (nSPS) is 16.4. The zero-order valence-electron chi connectivity index (χ0n) is 14.5. The van der Waals surface area contributed by atoms with Crippen LogP contribution in [-0.2, 0) is 4.79 Å². The monoisotopic (exact) mass is 377 g/mol. The van der Waals surface area contributed by atoms with Gasteiger partial charge in [-0.05, 0) is 36.8 Å². The largest absolute Gasteiger partial charge is 0.322 e. The van der Waals surface area contributed by atoms with Crippen molar-refractivity contribution in [1.82, 2.24) is 19.7 Å². The van der Waals surface area contributed by atoms with E-state index in [1.54, 1.807) is 4.68 Å². The molecular weight excluding hydrogens is 362 g/mol. The summed E-state index contributed by atoms with van der Waals surface area (Å²) in [6, 6.07) is 15.4. The van der Waals surface area contributed by atoms with E-state index in [9.17, 15) is 4.79 Å². The minimum atomic E-state index is -0.0921. The number of hydrogen-bond acceptors (Lipinski definition) is 3. The molecule has 134 valence electrons. The Morgan fingerprint density at radius 3 is 2.85 bits per heavy atom. The third kappa shape index (κ3) is 2.61. The fraction of sp³-hybridized carbons (Fsp3) is 0.150. The molecule has 0 bridgehead atoms. The molecule has 0 radical (unpaired) electrons. The van der Waals surface area contributed by atoms with Crippen LogP contribution in [0.15, 0.2) is 48.5 Å². The number of carbonyl (C=O) groups is 1. The third-order valence-electron chi connectivity index (χ3n) is 4.93. The van der Waals surface area contributed by atoms with E-state index in [0.717, 1.165) is 27.9 Å². The molecule has 4 aromatic rings. The Bertz CT molecular complexity index is 1160. The van der Waals surface area contributed by atoms with E-state index in [2.05, 4.69) is 20.4 Å². The lowest BCUT2D eigenvalue weighted by atomic mass is 9.86. The van der Waals surface area contributed by atoms with E-state index in [1.807, 2.05) is 55.5 Å². The Balaban J connectivity index is 1.69. The average molecular weight is 378 g/mol. The number of nitrogens with one attached hydrogen (secondary N) is 2. The summed E-state index contributed by atoms with van der Waals surface area (Å²) in [6.45, 7) is 1.95. The highest BCUT2D eigenvalue weighted by atomic mass is 35.5. The number of halogens is 1. The molecule has 2 aromatic heterocycles. The Morgan fingerprint density at radius 1 is 1.19 bits per heavy atom. The van der Waals surface area contributed by atoms with Crippen molar-refractivity contribution in [3.63, 3.8) is 0 Å². The molecule has 3 heterocycles. The van der Waals surface area contributed by atoms with Gasteiger partial charge in [-0.1, -0.05) is 35.9 Å². The number of carbonyl (C=O) groups excluding carboxylic acids is 1. The third-order valence-corrected chi connectivity index (χ3v) is 5.17. The number of benzene rings is 2. The number of aromatic amines is 1. The number of fused-ring (bicyclic) bond motifs is 2. The standard InChI is InChI=1S/C20H16ClN5O/c1-11-18-14(12-5-4-6-13(21)9-12)10-17(27)24-19(18)26(25-11)20-22-15-7-2-3-8-16(15)23-20/h2-9,14H,10H2,1H3,(H,22,23)(H,24,27). The number of H-pyrrole nitrogens is 1. The SMILES string of the molecule is Cc1nn(-c2nc3ccccc3[nH]2)c2c1C(c1cccc(Cl)c1)CC(=O)N2. The van der Waals surface area contributed by atoms with Crippen LogP contribution in [0, 0.1) is 6.92 Å². The van der Waals surface area contributed by atoms with Gasteiger partial charge in [0.15, 0.2) is 0 Å². The molecule has 1 atom stereocenters. The molecule has 7 heteroatoms. The van der Waals surface area contributed by atoms with E-state index in [4.69, 9.17) is 11.6 Å². The van der Waals surface area contributed by atoms with E-state index in [0.29, 0.717) is 23.2 Å². The zero-order valence-corrected chi connectivity index (χ0v) is 15.3. The predicted octanol–water partition coefficient (Wildman–Crippen LogP) is 4.18. The molecule has 2 aromatic carbocycles. The molecule has 1 amide bonds. The summed E-state index contributed by atoms with van der Waals surface area (Å²) in [5, 5.41) is 8.30. The van der Waals surface area contributed by atoms with Crippen molar-refractivity contribution in [3.05, 3.63) is 70.4 Å². The Labute approximate surface area is 160 Å². The Morgan fingerprint density at radius 2 is 2.04 bits per heavy atom. The Hall–Kier alpha value is -3.12. The average Bonchev–Trinajstić information content (AvgIpc) is 3.22. The van der Waals surface area contributed by atoms with E-state index in [-0.39, 0.29) is 11.8 Å². The van der Waals surface area contributed by atoms with Crippen LogP contribution in [0.25, 0.3) is 17.0 Å². The molecule has 0 saturated heterocycles. The van der Waals surface area contributed by atoms with Gasteiger partial charge in [-0.15, -0.1) is 0 Å². The molecular formula is C20H16ClN5O. The molecule has 0 fully saturated rings. The first kappa shape index (κ1) is 16.1. The van der Waals surface area contributed by atoms with Crippen LogP contribution in [0.3, 0.4) is 0 Å². The summed E-state index contributed by atoms with van der Waals surface area (Å²) in [6.07, 6.45) is 0.361. The van der Waals surface area contributed by atoms with Crippen molar-refractivity contribution in [1.29, 1.82) is 0 Å². The molecule has 0 aliphatic carbocycles. The predicted molar refractivity (Wildman–Crippen MR) is 104 cm³/mol. The molecule has 0 saturated carbocycles. The highest BCUT2D eigenvalue weighted by Crippen LogP contribution is 2.40. The fourth-order valence-corrected chi connectivity index (χ4v) is 3.95. The number of aromatic nitrogens is 4. The van der Waals surface area contributed by atoms with Crippen LogP contribution in [0.4, 0.5) is 5.82 Å². The highest BCUT2D eigenvalue weighted by Gasteiger charge is 2.33. The smallest absolute Gasteiger partial charge is 0.231 e. The second-order valence-corrected chi connectivity index (χ2v) is 7.13. The van der Waals surface area contributed by atoms with Gasteiger partial charge in [-0.3, -0.25) is 4.79 Å². The van der Waals surface area contributed by atoms with Crippen LogP contribution in [-0.4, -0.2) is 25.7 Å². The number of hydrogen-bond donors (Lipinski definition) is 2. The molecule has 2 N–H and O–H groups in total. The maximum atomic E-state index is 12.4. The summed E-state index contributed by atoms with van der Waals surface area (Å²) >= 11 is 6.18.